The lowest BCUT2D eigenvalue weighted by molar-refractivity contribution is -0.125. The van der Waals surface area contributed by atoms with E-state index in [-0.39, 0.29) is 24.0 Å². The maximum Gasteiger partial charge on any atom is 0.191 e. The van der Waals surface area contributed by atoms with Gasteiger partial charge in [-0.15, -0.1) is 24.0 Å². The second kappa shape index (κ2) is 8.84. The van der Waals surface area contributed by atoms with Crippen LogP contribution in [-0.4, -0.2) is 42.8 Å². The van der Waals surface area contributed by atoms with Crippen LogP contribution in [0.15, 0.2) is 35.5 Å². The standard InChI is InChI=1S/C23H32N4O.HI/c1-2-24-22(25-13-9-16-15-26-19-8-4-3-7-17(16)19)27-20-18-10-14-28-21(18)23(20)11-5-6-12-23;/h3-4,7-8,15,18,20-21,26H,2,5-6,9-14H2,1H3,(H2,24,25,27);1H. The minimum absolute atomic E-state index is 0. The summed E-state index contributed by atoms with van der Waals surface area (Å²) < 4.78 is 6.13. The van der Waals surface area contributed by atoms with Gasteiger partial charge in [-0.3, -0.25) is 4.99 Å². The molecule has 2 saturated carbocycles. The highest BCUT2D eigenvalue weighted by molar-refractivity contribution is 14.0. The van der Waals surface area contributed by atoms with E-state index in [2.05, 4.69) is 53.0 Å². The van der Waals surface area contributed by atoms with E-state index in [4.69, 9.17) is 9.73 Å². The molecule has 6 heteroatoms. The number of aliphatic imine (C=N–C) groups is 1. The smallest absolute Gasteiger partial charge is 0.191 e. The van der Waals surface area contributed by atoms with E-state index in [1.165, 1.54) is 48.6 Å². The van der Waals surface area contributed by atoms with Crippen LogP contribution in [0.5, 0.6) is 0 Å². The van der Waals surface area contributed by atoms with Gasteiger partial charge in [-0.05, 0) is 44.2 Å². The molecule has 3 N–H and O–H groups in total. The maximum atomic E-state index is 6.13. The molecule has 1 aromatic heterocycles. The molecule has 5 rings (SSSR count). The molecule has 3 aliphatic rings. The zero-order valence-electron chi connectivity index (χ0n) is 17.2. The number of hydrogen-bond acceptors (Lipinski definition) is 2. The van der Waals surface area contributed by atoms with Crippen molar-refractivity contribution in [1.29, 1.82) is 0 Å². The number of guanidine groups is 1. The first-order valence-electron chi connectivity index (χ1n) is 11.0. The predicted molar refractivity (Wildman–Crippen MR) is 129 cm³/mol. The fraction of sp³-hybridized carbons (Fsp3) is 0.609. The van der Waals surface area contributed by atoms with Crippen molar-refractivity contribution in [1.82, 2.24) is 15.6 Å². The van der Waals surface area contributed by atoms with Gasteiger partial charge in [0.2, 0.25) is 0 Å². The molecular formula is C23H33IN4O. The van der Waals surface area contributed by atoms with Crippen molar-refractivity contribution in [2.75, 3.05) is 19.7 Å². The van der Waals surface area contributed by atoms with E-state index >= 15 is 0 Å². The lowest BCUT2D eigenvalue weighted by atomic mass is 9.54. The number of nitrogens with zero attached hydrogens (tertiary/aromatic N) is 1. The average molecular weight is 508 g/mol. The summed E-state index contributed by atoms with van der Waals surface area (Å²) in [6, 6.07) is 9.02. The first-order chi connectivity index (χ1) is 13.8. The highest BCUT2D eigenvalue weighted by Gasteiger charge is 2.65. The molecule has 3 fully saturated rings. The molecule has 1 spiro atoms. The summed E-state index contributed by atoms with van der Waals surface area (Å²) in [6.45, 7) is 4.76. The third-order valence-corrected chi connectivity index (χ3v) is 7.25. The summed E-state index contributed by atoms with van der Waals surface area (Å²) >= 11 is 0. The van der Waals surface area contributed by atoms with Crippen LogP contribution in [-0.2, 0) is 11.2 Å². The van der Waals surface area contributed by atoms with Crippen molar-refractivity contribution in [3.63, 3.8) is 0 Å². The summed E-state index contributed by atoms with van der Waals surface area (Å²) in [4.78, 5) is 8.29. The molecule has 3 unspecified atom stereocenters. The molecule has 5 nitrogen and oxygen atoms in total. The number of para-hydroxylation sites is 1. The number of nitrogens with one attached hydrogen (secondary N) is 3. The van der Waals surface area contributed by atoms with E-state index in [9.17, 15) is 0 Å². The lowest BCUT2D eigenvalue weighted by Gasteiger charge is -2.57. The predicted octanol–water partition coefficient (Wildman–Crippen LogP) is 4.23. The Morgan fingerprint density at radius 1 is 1.28 bits per heavy atom. The number of rotatable bonds is 5. The van der Waals surface area contributed by atoms with Crippen molar-refractivity contribution in [2.45, 2.75) is 57.6 Å². The van der Waals surface area contributed by atoms with E-state index < -0.39 is 0 Å². The number of halogens is 1. The average Bonchev–Trinajstić information content (AvgIpc) is 3.45. The number of aromatic nitrogens is 1. The third kappa shape index (κ3) is 3.67. The van der Waals surface area contributed by atoms with Gasteiger partial charge < -0.3 is 20.4 Å². The van der Waals surface area contributed by atoms with Crippen LogP contribution < -0.4 is 10.6 Å². The normalized spacial score (nSPS) is 27.5. The molecule has 0 amide bonds. The largest absolute Gasteiger partial charge is 0.377 e. The molecule has 0 radical (unpaired) electrons. The summed E-state index contributed by atoms with van der Waals surface area (Å²) in [5.74, 6) is 1.64. The summed E-state index contributed by atoms with van der Waals surface area (Å²) in [5.41, 5.74) is 2.90. The van der Waals surface area contributed by atoms with Crippen LogP contribution in [0.2, 0.25) is 0 Å². The van der Waals surface area contributed by atoms with Crippen LogP contribution in [0, 0.1) is 11.3 Å². The molecule has 29 heavy (non-hydrogen) atoms. The summed E-state index contributed by atoms with van der Waals surface area (Å²) in [7, 11) is 0. The third-order valence-electron chi connectivity index (χ3n) is 7.25. The van der Waals surface area contributed by atoms with Gasteiger partial charge in [0.1, 0.15) is 0 Å². The summed E-state index contributed by atoms with van der Waals surface area (Å²) in [6.07, 6.45) is 10.1. The molecule has 1 aromatic carbocycles. The Labute approximate surface area is 190 Å². The number of ether oxygens (including phenoxy) is 1. The number of benzene rings is 1. The molecule has 158 valence electrons. The van der Waals surface area contributed by atoms with Gasteiger partial charge in [0.15, 0.2) is 5.96 Å². The molecular weight excluding hydrogens is 475 g/mol. The molecule has 1 saturated heterocycles. The van der Waals surface area contributed by atoms with Crippen LogP contribution in [0.1, 0.15) is 44.6 Å². The van der Waals surface area contributed by atoms with E-state index in [0.717, 1.165) is 32.1 Å². The SMILES string of the molecule is CCNC(=NCCc1c[nH]c2ccccc12)NC1C2CCOC2C12CCCC2.I. The quantitative estimate of drug-likeness (QED) is 0.322. The van der Waals surface area contributed by atoms with Crippen LogP contribution >= 0.6 is 24.0 Å². The van der Waals surface area contributed by atoms with Gasteiger partial charge >= 0.3 is 0 Å². The highest BCUT2D eigenvalue weighted by Crippen LogP contribution is 2.60. The molecule has 0 bridgehead atoms. The Kier molecular flexibility index (Phi) is 6.39. The van der Waals surface area contributed by atoms with Gasteiger partial charge in [-0.25, -0.2) is 0 Å². The maximum absolute atomic E-state index is 6.13. The van der Waals surface area contributed by atoms with E-state index in [0.29, 0.717) is 23.5 Å². The van der Waals surface area contributed by atoms with Gasteiger partial charge in [0.25, 0.3) is 0 Å². The van der Waals surface area contributed by atoms with Crippen LogP contribution in [0.25, 0.3) is 10.9 Å². The van der Waals surface area contributed by atoms with E-state index in [1.54, 1.807) is 0 Å². The Morgan fingerprint density at radius 3 is 2.93 bits per heavy atom. The fourth-order valence-electron chi connectivity index (χ4n) is 6.00. The number of hydrogen-bond donors (Lipinski definition) is 3. The number of aromatic amines is 1. The Hall–Kier alpha value is -1.28. The van der Waals surface area contributed by atoms with Gasteiger partial charge in [-0.1, -0.05) is 31.0 Å². The van der Waals surface area contributed by atoms with Crippen molar-refractivity contribution < 1.29 is 4.74 Å². The topological polar surface area (TPSA) is 61.4 Å². The minimum Gasteiger partial charge on any atom is -0.377 e. The Morgan fingerprint density at radius 2 is 2.10 bits per heavy atom. The van der Waals surface area contributed by atoms with Gasteiger partial charge in [-0.2, -0.15) is 0 Å². The zero-order valence-corrected chi connectivity index (χ0v) is 19.6. The van der Waals surface area contributed by atoms with Crippen molar-refractivity contribution in [3.05, 3.63) is 36.0 Å². The zero-order chi connectivity index (χ0) is 19.0. The number of fused-ring (bicyclic) bond motifs is 3. The molecule has 2 aliphatic carbocycles. The first-order valence-corrected chi connectivity index (χ1v) is 11.0. The Bertz CT molecular complexity index is 857. The van der Waals surface area contributed by atoms with Crippen LogP contribution in [0.4, 0.5) is 0 Å². The molecule has 2 aromatic rings. The van der Waals surface area contributed by atoms with E-state index in [1.807, 2.05) is 0 Å². The Balaban J connectivity index is 0.00000205. The second-order valence-corrected chi connectivity index (χ2v) is 8.68. The lowest BCUT2D eigenvalue weighted by Crippen LogP contribution is -2.69. The highest BCUT2D eigenvalue weighted by atomic mass is 127. The van der Waals surface area contributed by atoms with Crippen molar-refractivity contribution in [3.8, 4) is 0 Å². The first kappa shape index (κ1) is 21.0. The number of H-pyrrole nitrogens is 1. The molecule has 1 aliphatic heterocycles. The van der Waals surface area contributed by atoms with Crippen molar-refractivity contribution >= 4 is 40.8 Å². The van der Waals surface area contributed by atoms with Crippen molar-refractivity contribution in [2.24, 2.45) is 16.3 Å². The second-order valence-electron chi connectivity index (χ2n) is 8.68. The minimum atomic E-state index is 0. The summed E-state index contributed by atoms with van der Waals surface area (Å²) in [5, 5.41) is 8.61. The molecule has 2 heterocycles. The fourth-order valence-corrected chi connectivity index (χ4v) is 6.00. The van der Waals surface area contributed by atoms with Gasteiger partial charge in [0.05, 0.1) is 6.10 Å². The monoisotopic (exact) mass is 508 g/mol. The molecule has 3 atom stereocenters. The van der Waals surface area contributed by atoms with Gasteiger partial charge in [0, 0.05) is 54.2 Å². The van der Waals surface area contributed by atoms with Crippen LogP contribution in [0.3, 0.4) is 0 Å².